The maximum absolute atomic E-state index is 15.7. The van der Waals surface area contributed by atoms with Crippen molar-refractivity contribution in [1.82, 2.24) is 14.8 Å². The SMILES string of the molecule is CC1(C)CC(=O)n2c(c(-c3cc(F)c(C(N)=O)c(NC4CCC(OC(=O)NCCN5CCCC5)CC4)c3)c3ccc(F)cc32)C1. The van der Waals surface area contributed by atoms with Gasteiger partial charge < -0.3 is 26.0 Å². The van der Waals surface area contributed by atoms with Crippen LogP contribution >= 0.6 is 0 Å². The molecule has 3 aliphatic rings. The molecule has 0 unspecified atom stereocenters. The van der Waals surface area contributed by atoms with Crippen molar-refractivity contribution in [3.63, 3.8) is 0 Å². The largest absolute Gasteiger partial charge is 0.446 e. The molecule has 4 N–H and O–H groups in total. The molecule has 0 atom stereocenters. The van der Waals surface area contributed by atoms with E-state index >= 15 is 4.39 Å². The number of hydrogen-bond donors (Lipinski definition) is 3. The van der Waals surface area contributed by atoms with Gasteiger partial charge in [0.1, 0.15) is 17.7 Å². The van der Waals surface area contributed by atoms with Gasteiger partial charge in [-0.15, -0.1) is 0 Å². The Morgan fingerprint density at radius 2 is 1.78 bits per heavy atom. The van der Waals surface area contributed by atoms with Gasteiger partial charge >= 0.3 is 6.09 Å². The standard InChI is InChI=1S/C34H41F2N5O4/c1-34(2)18-28-30(24-10-5-21(35)17-27(24)41(28)29(42)19-34)20-15-25(36)31(32(37)43)26(16-20)39-22-6-8-23(9-7-22)45-33(44)38-11-14-40-12-3-4-13-40/h5,10,15-17,22-23,39H,3-4,6-9,11-14,18-19H2,1-2H3,(H2,37,43)(H,38,44). The summed E-state index contributed by atoms with van der Waals surface area (Å²) in [4.78, 5) is 40.3. The van der Waals surface area contributed by atoms with Crippen molar-refractivity contribution in [1.29, 1.82) is 0 Å². The Hall–Kier alpha value is -3.99. The third kappa shape index (κ3) is 6.54. The number of benzene rings is 2. The normalized spacial score (nSPS) is 21.5. The molecule has 2 aliphatic heterocycles. The van der Waals surface area contributed by atoms with Crippen LogP contribution in [0, 0.1) is 17.0 Å². The van der Waals surface area contributed by atoms with Crippen molar-refractivity contribution in [2.24, 2.45) is 11.1 Å². The van der Waals surface area contributed by atoms with E-state index in [9.17, 15) is 18.8 Å². The highest BCUT2D eigenvalue weighted by Crippen LogP contribution is 2.44. The van der Waals surface area contributed by atoms with Crippen LogP contribution in [0.1, 0.15) is 79.6 Å². The smallest absolute Gasteiger partial charge is 0.407 e. The lowest BCUT2D eigenvalue weighted by Gasteiger charge is -2.31. The van der Waals surface area contributed by atoms with E-state index in [0.717, 1.165) is 19.6 Å². The van der Waals surface area contributed by atoms with Crippen molar-refractivity contribution in [3.8, 4) is 11.1 Å². The van der Waals surface area contributed by atoms with Crippen LogP contribution in [0.4, 0.5) is 19.3 Å². The van der Waals surface area contributed by atoms with E-state index in [1.807, 2.05) is 13.8 Å². The van der Waals surface area contributed by atoms with Gasteiger partial charge in [-0.05, 0) is 99.3 Å². The molecule has 2 amide bonds. The molecule has 0 radical (unpaired) electrons. The lowest BCUT2D eigenvalue weighted by Crippen LogP contribution is -2.37. The van der Waals surface area contributed by atoms with Crippen LogP contribution in [0.5, 0.6) is 0 Å². The van der Waals surface area contributed by atoms with Crippen molar-refractivity contribution in [2.45, 2.75) is 77.4 Å². The van der Waals surface area contributed by atoms with E-state index in [1.165, 1.54) is 31.0 Å². The van der Waals surface area contributed by atoms with E-state index in [-0.39, 0.29) is 34.7 Å². The second kappa shape index (κ2) is 12.4. The molecule has 0 bridgehead atoms. The number of alkyl carbamates (subject to hydrolysis) is 1. The van der Waals surface area contributed by atoms with Gasteiger partial charge in [-0.2, -0.15) is 0 Å². The summed E-state index contributed by atoms with van der Waals surface area (Å²) in [6, 6.07) is 7.14. The molecule has 3 aromatic rings. The van der Waals surface area contributed by atoms with E-state index in [2.05, 4.69) is 15.5 Å². The Bertz CT molecular complexity index is 1640. The van der Waals surface area contributed by atoms with Gasteiger partial charge in [0, 0.05) is 42.2 Å². The summed E-state index contributed by atoms with van der Waals surface area (Å²) < 4.78 is 37.3. The van der Waals surface area contributed by atoms with Gasteiger partial charge in [-0.1, -0.05) is 13.8 Å². The third-order valence-corrected chi connectivity index (χ3v) is 9.38. The first-order chi connectivity index (χ1) is 21.5. The summed E-state index contributed by atoms with van der Waals surface area (Å²) in [5, 5.41) is 6.81. The number of nitrogens with zero attached hydrogens (tertiary/aromatic N) is 2. The van der Waals surface area contributed by atoms with E-state index in [4.69, 9.17) is 10.5 Å². The van der Waals surface area contributed by atoms with Crippen LogP contribution in [-0.2, 0) is 11.2 Å². The molecule has 0 spiro atoms. The molecule has 240 valence electrons. The number of hydrogen-bond acceptors (Lipinski definition) is 6. The number of primary amides is 1. The number of nitrogens with one attached hydrogen (secondary N) is 2. The number of carbonyl (C=O) groups excluding carboxylic acids is 3. The molecule has 2 aromatic carbocycles. The molecule has 1 aromatic heterocycles. The van der Waals surface area contributed by atoms with E-state index in [1.54, 1.807) is 16.7 Å². The fourth-order valence-electron chi connectivity index (χ4n) is 7.27. The van der Waals surface area contributed by atoms with Gasteiger partial charge in [0.2, 0.25) is 5.91 Å². The van der Waals surface area contributed by atoms with Crippen LogP contribution < -0.4 is 16.4 Å². The number of carbonyl (C=O) groups is 3. The maximum Gasteiger partial charge on any atom is 0.407 e. The van der Waals surface area contributed by atoms with Crippen LogP contribution in [0.3, 0.4) is 0 Å². The summed E-state index contributed by atoms with van der Waals surface area (Å²) in [7, 11) is 0. The predicted molar refractivity (Wildman–Crippen MR) is 168 cm³/mol. The van der Waals surface area contributed by atoms with Crippen LogP contribution in [0.2, 0.25) is 0 Å². The van der Waals surface area contributed by atoms with E-state index < -0.39 is 23.6 Å². The highest BCUT2D eigenvalue weighted by atomic mass is 19.1. The zero-order valence-corrected chi connectivity index (χ0v) is 25.9. The summed E-state index contributed by atoms with van der Waals surface area (Å²) in [5.74, 6) is -2.29. The molecule has 11 heteroatoms. The van der Waals surface area contributed by atoms with Crippen molar-refractivity contribution in [3.05, 3.63) is 53.2 Å². The lowest BCUT2D eigenvalue weighted by molar-refractivity contribution is 0.0726. The number of aromatic nitrogens is 1. The van der Waals surface area contributed by atoms with Crippen LogP contribution in [-0.4, -0.2) is 65.7 Å². The molecular weight excluding hydrogens is 580 g/mol. The molecule has 1 saturated carbocycles. The van der Waals surface area contributed by atoms with Gasteiger partial charge in [-0.25, -0.2) is 13.6 Å². The molecule has 6 rings (SSSR count). The minimum Gasteiger partial charge on any atom is -0.446 e. The van der Waals surface area contributed by atoms with Gasteiger partial charge in [0.15, 0.2) is 0 Å². The lowest BCUT2D eigenvalue weighted by atomic mass is 9.80. The first-order valence-electron chi connectivity index (χ1n) is 15.9. The van der Waals surface area contributed by atoms with Crippen molar-refractivity contribution < 1.29 is 27.9 Å². The topological polar surface area (TPSA) is 119 Å². The van der Waals surface area contributed by atoms with Gasteiger partial charge in [0.25, 0.3) is 5.91 Å². The first kappa shape index (κ1) is 31.0. The number of nitrogens with two attached hydrogens (primary N) is 1. The Labute approximate surface area is 261 Å². The van der Waals surface area contributed by atoms with Crippen molar-refractivity contribution in [2.75, 3.05) is 31.5 Å². The third-order valence-electron chi connectivity index (χ3n) is 9.38. The van der Waals surface area contributed by atoms with Crippen LogP contribution in [0.15, 0.2) is 30.3 Å². The zero-order valence-electron chi connectivity index (χ0n) is 25.9. The molecular formula is C34H41F2N5O4. The summed E-state index contributed by atoms with van der Waals surface area (Å²) in [6.45, 7) is 7.50. The highest BCUT2D eigenvalue weighted by molar-refractivity contribution is 6.06. The van der Waals surface area contributed by atoms with E-state index in [0.29, 0.717) is 72.8 Å². The second-order valence-electron chi connectivity index (χ2n) is 13.5. The number of rotatable bonds is 8. The van der Waals surface area contributed by atoms with Crippen molar-refractivity contribution >= 4 is 34.5 Å². The molecule has 2 fully saturated rings. The molecule has 3 heterocycles. The minimum absolute atomic E-state index is 0.106. The number of amides is 2. The number of anilines is 1. The number of halogens is 2. The summed E-state index contributed by atoms with van der Waals surface area (Å²) in [6.07, 6.45) is 5.10. The average molecular weight is 622 g/mol. The Balaban J connectivity index is 1.21. The monoisotopic (exact) mass is 621 g/mol. The Kier molecular flexibility index (Phi) is 8.56. The van der Waals surface area contributed by atoms with Gasteiger partial charge in [0.05, 0.1) is 16.8 Å². The number of ether oxygens (including phenoxy) is 1. The molecule has 9 nitrogen and oxygen atoms in total. The minimum atomic E-state index is -0.897. The number of fused-ring (bicyclic) bond motifs is 3. The Morgan fingerprint density at radius 3 is 2.49 bits per heavy atom. The molecule has 1 aliphatic carbocycles. The summed E-state index contributed by atoms with van der Waals surface area (Å²) in [5.41, 5.74) is 7.55. The molecule has 1 saturated heterocycles. The maximum atomic E-state index is 15.7. The Morgan fingerprint density at radius 1 is 1.04 bits per heavy atom. The van der Waals surface area contributed by atoms with Crippen LogP contribution in [0.25, 0.3) is 22.0 Å². The second-order valence-corrected chi connectivity index (χ2v) is 13.5. The molecule has 45 heavy (non-hydrogen) atoms. The predicted octanol–water partition coefficient (Wildman–Crippen LogP) is 5.84. The van der Waals surface area contributed by atoms with Gasteiger partial charge in [-0.3, -0.25) is 14.2 Å². The summed E-state index contributed by atoms with van der Waals surface area (Å²) >= 11 is 0. The highest BCUT2D eigenvalue weighted by Gasteiger charge is 2.36. The fourth-order valence-corrected chi connectivity index (χ4v) is 7.27. The average Bonchev–Trinajstić information content (AvgIpc) is 3.58. The first-order valence-corrected chi connectivity index (χ1v) is 15.9. The quantitative estimate of drug-likeness (QED) is 0.291. The number of likely N-dealkylation sites (tertiary alicyclic amines) is 1. The fraction of sp³-hybridized carbons (Fsp3) is 0.500. The zero-order chi connectivity index (χ0) is 31.9.